The van der Waals surface area contributed by atoms with Gasteiger partial charge in [-0.15, -0.1) is 0 Å². The van der Waals surface area contributed by atoms with Gasteiger partial charge in [-0.3, -0.25) is 19.3 Å². The molecule has 0 bridgehead atoms. The second kappa shape index (κ2) is 4.83. The molecule has 0 N–H and O–H groups in total. The largest absolute Gasteiger partial charge is 0.472 e. The maximum Gasteiger partial charge on any atom is 0.257 e. The van der Waals surface area contributed by atoms with E-state index in [1.165, 1.54) is 17.4 Å². The van der Waals surface area contributed by atoms with Crippen molar-refractivity contribution in [1.29, 1.82) is 0 Å². The summed E-state index contributed by atoms with van der Waals surface area (Å²) in [5.41, 5.74) is 0.496. The number of likely N-dealkylation sites (tertiary alicyclic amines) is 2. The molecule has 2 aliphatic heterocycles. The lowest BCUT2D eigenvalue weighted by Gasteiger charge is -2.43. The third-order valence-electron chi connectivity index (χ3n) is 4.82. The summed E-state index contributed by atoms with van der Waals surface area (Å²) in [6.07, 6.45) is 8.11. The van der Waals surface area contributed by atoms with E-state index < -0.39 is 0 Å². The Labute approximate surface area is 127 Å². The van der Waals surface area contributed by atoms with Crippen LogP contribution >= 0.6 is 0 Å². The number of rotatable bonds is 2. The van der Waals surface area contributed by atoms with Crippen LogP contribution in [-0.4, -0.2) is 46.7 Å². The van der Waals surface area contributed by atoms with Gasteiger partial charge in [0.25, 0.3) is 5.91 Å². The second-order valence-electron chi connectivity index (χ2n) is 6.08. The Hall–Kier alpha value is -2.37. The van der Waals surface area contributed by atoms with Crippen LogP contribution in [0.1, 0.15) is 23.2 Å². The van der Waals surface area contributed by atoms with Crippen LogP contribution in [0.4, 0.5) is 0 Å². The van der Waals surface area contributed by atoms with E-state index >= 15 is 0 Å². The lowest BCUT2D eigenvalue weighted by Crippen LogP contribution is -2.62. The first kappa shape index (κ1) is 13.3. The standard InChI is InChI=1S/C16H16N2O4/c19-14(10-5-6-22-9-10)17-7-11(8-17)18-15(20)12-3-1-2-4-13(12)16(18)21/h1-2,5-6,9,11-13H,3-4,7-8H2. The number of nitrogens with zero attached hydrogens (tertiary/aromatic N) is 2. The van der Waals surface area contributed by atoms with Crippen LogP contribution in [0.2, 0.25) is 0 Å². The summed E-state index contributed by atoms with van der Waals surface area (Å²) >= 11 is 0. The van der Waals surface area contributed by atoms with E-state index in [1.54, 1.807) is 11.0 Å². The molecular formula is C16H16N2O4. The van der Waals surface area contributed by atoms with E-state index in [0.717, 1.165) is 0 Å². The molecule has 0 saturated carbocycles. The van der Waals surface area contributed by atoms with Gasteiger partial charge in [-0.25, -0.2) is 0 Å². The molecule has 1 aliphatic carbocycles. The fourth-order valence-corrected chi connectivity index (χ4v) is 3.54. The molecule has 2 atom stereocenters. The number of carbonyl (C=O) groups excluding carboxylic acids is 3. The van der Waals surface area contributed by atoms with Crippen LogP contribution in [0.5, 0.6) is 0 Å². The molecule has 3 heterocycles. The maximum atomic E-state index is 12.4. The number of furan rings is 1. The van der Waals surface area contributed by atoms with Crippen molar-refractivity contribution in [3.8, 4) is 0 Å². The Morgan fingerprint density at radius 1 is 1.09 bits per heavy atom. The fraction of sp³-hybridized carbons (Fsp3) is 0.438. The van der Waals surface area contributed by atoms with Crippen LogP contribution in [0.15, 0.2) is 35.2 Å². The molecule has 3 aliphatic rings. The first-order chi connectivity index (χ1) is 10.7. The van der Waals surface area contributed by atoms with Gasteiger partial charge >= 0.3 is 0 Å². The first-order valence-corrected chi connectivity index (χ1v) is 7.50. The Balaban J connectivity index is 1.44. The molecular weight excluding hydrogens is 284 g/mol. The molecule has 2 saturated heterocycles. The molecule has 3 amide bonds. The van der Waals surface area contributed by atoms with Crippen molar-refractivity contribution >= 4 is 17.7 Å². The Morgan fingerprint density at radius 3 is 2.27 bits per heavy atom. The van der Waals surface area contributed by atoms with Gasteiger partial charge in [0.05, 0.1) is 29.7 Å². The summed E-state index contributed by atoms with van der Waals surface area (Å²) in [5, 5.41) is 0. The summed E-state index contributed by atoms with van der Waals surface area (Å²) < 4.78 is 4.91. The molecule has 1 aromatic rings. The van der Waals surface area contributed by atoms with Gasteiger partial charge in [-0.05, 0) is 18.9 Å². The number of fused-ring (bicyclic) bond motifs is 1. The van der Waals surface area contributed by atoms with Gasteiger partial charge in [-0.2, -0.15) is 0 Å². The minimum Gasteiger partial charge on any atom is -0.472 e. The minimum atomic E-state index is -0.198. The van der Waals surface area contributed by atoms with Crippen molar-refractivity contribution in [3.05, 3.63) is 36.3 Å². The number of carbonyl (C=O) groups is 3. The number of amides is 3. The highest BCUT2D eigenvalue weighted by molar-refractivity contribution is 6.06. The smallest absolute Gasteiger partial charge is 0.257 e. The highest BCUT2D eigenvalue weighted by Gasteiger charge is 2.52. The van der Waals surface area contributed by atoms with Gasteiger partial charge < -0.3 is 9.32 Å². The molecule has 114 valence electrons. The molecule has 1 aromatic heterocycles. The zero-order valence-electron chi connectivity index (χ0n) is 12.0. The molecule has 2 unspecified atom stereocenters. The highest BCUT2D eigenvalue weighted by atomic mass is 16.3. The zero-order valence-corrected chi connectivity index (χ0v) is 12.0. The van der Waals surface area contributed by atoms with E-state index in [0.29, 0.717) is 31.5 Å². The van der Waals surface area contributed by atoms with Gasteiger partial charge in [0.1, 0.15) is 6.26 Å². The van der Waals surface area contributed by atoms with Crippen molar-refractivity contribution in [2.75, 3.05) is 13.1 Å². The quantitative estimate of drug-likeness (QED) is 0.605. The zero-order chi connectivity index (χ0) is 15.3. The minimum absolute atomic E-state index is 0.0697. The average Bonchev–Trinajstić information content (AvgIpc) is 3.09. The molecule has 4 rings (SSSR count). The molecule has 0 spiro atoms. The van der Waals surface area contributed by atoms with Gasteiger partial charge in [0.2, 0.25) is 11.8 Å². The lowest BCUT2D eigenvalue weighted by molar-refractivity contribution is -0.145. The Kier molecular flexibility index (Phi) is 2.92. The van der Waals surface area contributed by atoms with Crippen LogP contribution in [0.25, 0.3) is 0 Å². The molecule has 6 heteroatoms. The van der Waals surface area contributed by atoms with Crippen molar-refractivity contribution < 1.29 is 18.8 Å². The van der Waals surface area contributed by atoms with E-state index in [2.05, 4.69) is 0 Å². The molecule has 2 fully saturated rings. The molecule has 0 aromatic carbocycles. The Morgan fingerprint density at radius 2 is 1.73 bits per heavy atom. The van der Waals surface area contributed by atoms with Crippen LogP contribution < -0.4 is 0 Å². The third kappa shape index (κ3) is 1.83. The molecule has 0 radical (unpaired) electrons. The summed E-state index contributed by atoms with van der Waals surface area (Å²) in [7, 11) is 0. The number of hydrogen-bond donors (Lipinski definition) is 0. The summed E-state index contributed by atoms with van der Waals surface area (Å²) in [6.45, 7) is 0.822. The normalized spacial score (nSPS) is 28.0. The van der Waals surface area contributed by atoms with Crippen molar-refractivity contribution in [2.24, 2.45) is 11.8 Å². The van der Waals surface area contributed by atoms with E-state index in [1.807, 2.05) is 12.2 Å². The summed E-state index contributed by atoms with van der Waals surface area (Å²) in [4.78, 5) is 40.1. The lowest BCUT2D eigenvalue weighted by atomic mass is 9.85. The molecule has 6 nitrogen and oxygen atoms in total. The monoisotopic (exact) mass is 300 g/mol. The highest BCUT2D eigenvalue weighted by Crippen LogP contribution is 2.37. The van der Waals surface area contributed by atoms with E-state index in [9.17, 15) is 14.4 Å². The van der Waals surface area contributed by atoms with Crippen molar-refractivity contribution in [1.82, 2.24) is 9.80 Å². The van der Waals surface area contributed by atoms with Gasteiger partial charge in [-0.1, -0.05) is 12.2 Å². The predicted molar refractivity (Wildman–Crippen MR) is 75.6 cm³/mol. The van der Waals surface area contributed by atoms with Crippen molar-refractivity contribution in [2.45, 2.75) is 18.9 Å². The van der Waals surface area contributed by atoms with Crippen LogP contribution in [0, 0.1) is 11.8 Å². The number of allylic oxidation sites excluding steroid dienone is 2. The topological polar surface area (TPSA) is 70.8 Å². The molecule has 22 heavy (non-hydrogen) atoms. The van der Waals surface area contributed by atoms with Gasteiger partial charge in [0, 0.05) is 13.1 Å². The SMILES string of the molecule is O=C(c1ccoc1)N1CC(N2C(=O)C3CC=CCC3C2=O)C1. The first-order valence-electron chi connectivity index (χ1n) is 7.50. The van der Waals surface area contributed by atoms with E-state index in [4.69, 9.17) is 4.42 Å². The fourth-order valence-electron chi connectivity index (χ4n) is 3.54. The summed E-state index contributed by atoms with van der Waals surface area (Å²) in [5.74, 6) is -0.657. The second-order valence-corrected chi connectivity index (χ2v) is 6.08. The maximum absolute atomic E-state index is 12.4. The van der Waals surface area contributed by atoms with Crippen LogP contribution in [0.3, 0.4) is 0 Å². The third-order valence-corrected chi connectivity index (χ3v) is 4.82. The average molecular weight is 300 g/mol. The van der Waals surface area contributed by atoms with E-state index in [-0.39, 0.29) is 35.6 Å². The number of hydrogen-bond acceptors (Lipinski definition) is 4. The number of imide groups is 1. The van der Waals surface area contributed by atoms with Crippen molar-refractivity contribution in [3.63, 3.8) is 0 Å². The van der Waals surface area contributed by atoms with Crippen LogP contribution in [-0.2, 0) is 9.59 Å². The summed E-state index contributed by atoms with van der Waals surface area (Å²) in [6, 6.07) is 1.43. The Bertz CT molecular complexity index is 632. The van der Waals surface area contributed by atoms with Gasteiger partial charge in [0.15, 0.2) is 0 Å². The predicted octanol–water partition coefficient (Wildman–Crippen LogP) is 1.06.